The molecule has 0 aromatic heterocycles. The summed E-state index contributed by atoms with van der Waals surface area (Å²) in [4.78, 5) is 12.8. The third-order valence-electron chi connectivity index (χ3n) is 6.09. The zero-order chi connectivity index (χ0) is 25.4. The molecule has 1 aliphatic rings. The van der Waals surface area contributed by atoms with E-state index in [4.69, 9.17) is 18.9 Å². The Morgan fingerprint density at radius 1 is 0.857 bits per heavy atom. The van der Waals surface area contributed by atoms with Gasteiger partial charge in [0.2, 0.25) is 21.7 Å². The van der Waals surface area contributed by atoms with E-state index in [1.165, 1.54) is 25.6 Å². The molecule has 0 unspecified atom stereocenters. The van der Waals surface area contributed by atoms with Gasteiger partial charge in [0.1, 0.15) is 5.75 Å². The van der Waals surface area contributed by atoms with Crippen LogP contribution in [0.3, 0.4) is 0 Å². The maximum Gasteiger partial charge on any atom is 0.243 e. The van der Waals surface area contributed by atoms with E-state index in [1.807, 2.05) is 0 Å². The van der Waals surface area contributed by atoms with Gasteiger partial charge in [0.15, 0.2) is 11.5 Å². The summed E-state index contributed by atoms with van der Waals surface area (Å²) in [5.41, 5.74) is 1.41. The minimum absolute atomic E-state index is 0.166. The number of amides is 1. The summed E-state index contributed by atoms with van der Waals surface area (Å²) in [5.74, 6) is 1.85. The van der Waals surface area contributed by atoms with E-state index >= 15 is 0 Å². The van der Waals surface area contributed by atoms with Gasteiger partial charge in [-0.2, -0.15) is 4.31 Å². The van der Waals surface area contributed by atoms with Crippen molar-refractivity contribution in [1.82, 2.24) is 9.62 Å². The first kappa shape index (κ1) is 26.6. The SMILES string of the molecule is COc1ccc(S(=O)(=O)N2CCCCC2)cc1CCC(=O)NCc1ccc(OC)c(OC)c1OC. The maximum atomic E-state index is 13.1. The number of nitrogens with one attached hydrogen (secondary N) is 1. The van der Waals surface area contributed by atoms with E-state index in [0.717, 1.165) is 24.8 Å². The number of methoxy groups -OCH3 is 4. The Kier molecular flexibility index (Phi) is 9.22. The highest BCUT2D eigenvalue weighted by atomic mass is 32.2. The fraction of sp³-hybridized carbons (Fsp3) is 0.480. The number of sulfonamides is 1. The van der Waals surface area contributed by atoms with Crippen LogP contribution >= 0.6 is 0 Å². The zero-order valence-electron chi connectivity index (χ0n) is 20.8. The smallest absolute Gasteiger partial charge is 0.243 e. The number of hydrogen-bond acceptors (Lipinski definition) is 7. The number of nitrogens with zero attached hydrogens (tertiary/aromatic N) is 1. The molecule has 0 aliphatic carbocycles. The lowest BCUT2D eigenvalue weighted by atomic mass is 10.1. The Hall–Kier alpha value is -2.98. The molecule has 0 atom stereocenters. The number of carbonyl (C=O) groups excluding carboxylic acids is 1. The summed E-state index contributed by atoms with van der Waals surface area (Å²) in [6.07, 6.45) is 3.28. The normalized spacial score (nSPS) is 14.3. The molecule has 1 heterocycles. The Labute approximate surface area is 207 Å². The average molecular weight is 507 g/mol. The fourth-order valence-corrected chi connectivity index (χ4v) is 5.77. The quantitative estimate of drug-likeness (QED) is 0.499. The molecule has 9 nitrogen and oxygen atoms in total. The Bertz CT molecular complexity index is 1130. The van der Waals surface area contributed by atoms with Crippen LogP contribution in [0.4, 0.5) is 0 Å². The number of rotatable bonds is 11. The number of ether oxygens (including phenoxy) is 4. The predicted molar refractivity (Wildman–Crippen MR) is 132 cm³/mol. The van der Waals surface area contributed by atoms with Crippen LogP contribution in [-0.2, 0) is 27.8 Å². The van der Waals surface area contributed by atoms with Crippen LogP contribution in [0.25, 0.3) is 0 Å². The molecule has 3 rings (SSSR count). The van der Waals surface area contributed by atoms with Crippen LogP contribution in [0, 0.1) is 0 Å². The summed E-state index contributed by atoms with van der Waals surface area (Å²) in [5, 5.41) is 2.88. The zero-order valence-corrected chi connectivity index (χ0v) is 21.6. The van der Waals surface area contributed by atoms with E-state index in [1.54, 1.807) is 37.4 Å². The highest BCUT2D eigenvalue weighted by molar-refractivity contribution is 7.89. The molecule has 2 aromatic rings. The van der Waals surface area contributed by atoms with E-state index in [-0.39, 0.29) is 23.8 Å². The van der Waals surface area contributed by atoms with Gasteiger partial charge in [0.25, 0.3) is 0 Å². The number of benzene rings is 2. The third-order valence-corrected chi connectivity index (χ3v) is 7.98. The average Bonchev–Trinajstić information content (AvgIpc) is 2.90. The molecule has 10 heteroatoms. The summed E-state index contributed by atoms with van der Waals surface area (Å²) in [7, 11) is 2.55. The van der Waals surface area contributed by atoms with E-state index in [0.29, 0.717) is 48.1 Å². The molecule has 1 aliphatic heterocycles. The van der Waals surface area contributed by atoms with Crippen molar-refractivity contribution in [1.29, 1.82) is 0 Å². The standard InChI is InChI=1S/C25H34N2O7S/c1-31-21-12-10-20(35(29,30)27-14-6-5-7-15-27)16-18(21)9-13-23(28)26-17-19-8-11-22(32-2)25(34-4)24(19)33-3/h8,10-12,16H,5-7,9,13-15,17H2,1-4H3,(H,26,28). The largest absolute Gasteiger partial charge is 0.496 e. The molecule has 192 valence electrons. The van der Waals surface area contributed by atoms with Crippen LogP contribution in [0.2, 0.25) is 0 Å². The third kappa shape index (κ3) is 6.18. The summed E-state index contributed by atoms with van der Waals surface area (Å²) in [6.45, 7) is 1.31. The minimum Gasteiger partial charge on any atom is -0.496 e. The minimum atomic E-state index is -3.57. The van der Waals surface area contributed by atoms with Crippen molar-refractivity contribution in [2.24, 2.45) is 0 Å². The van der Waals surface area contributed by atoms with Crippen LogP contribution in [0.15, 0.2) is 35.2 Å². The van der Waals surface area contributed by atoms with Gasteiger partial charge >= 0.3 is 0 Å². The van der Waals surface area contributed by atoms with Gasteiger partial charge in [-0.25, -0.2) is 8.42 Å². The molecule has 0 bridgehead atoms. The second-order valence-corrected chi connectivity index (χ2v) is 10.1. The number of hydrogen-bond donors (Lipinski definition) is 1. The second-order valence-electron chi connectivity index (χ2n) is 8.21. The lowest BCUT2D eigenvalue weighted by molar-refractivity contribution is -0.121. The van der Waals surface area contributed by atoms with Crippen molar-refractivity contribution >= 4 is 15.9 Å². The molecule has 0 radical (unpaired) electrons. The van der Waals surface area contributed by atoms with E-state index in [9.17, 15) is 13.2 Å². The first-order chi connectivity index (χ1) is 16.8. The number of piperidine rings is 1. The maximum absolute atomic E-state index is 13.1. The van der Waals surface area contributed by atoms with Crippen molar-refractivity contribution in [2.75, 3.05) is 41.5 Å². The lowest BCUT2D eigenvalue weighted by Gasteiger charge is -2.26. The second kappa shape index (κ2) is 12.1. The van der Waals surface area contributed by atoms with Gasteiger partial charge in [-0.3, -0.25) is 4.79 Å². The van der Waals surface area contributed by atoms with Crippen LogP contribution in [0.5, 0.6) is 23.0 Å². The molecule has 1 fully saturated rings. The fourth-order valence-electron chi connectivity index (χ4n) is 4.20. The molecule has 1 N–H and O–H groups in total. The Morgan fingerprint density at radius 2 is 1.51 bits per heavy atom. The predicted octanol–water partition coefficient (Wildman–Crippen LogP) is 3.14. The lowest BCUT2D eigenvalue weighted by Crippen LogP contribution is -2.35. The molecule has 1 amide bonds. The van der Waals surface area contributed by atoms with E-state index < -0.39 is 10.0 Å². The summed E-state index contributed by atoms with van der Waals surface area (Å²) in [6, 6.07) is 8.39. The molecule has 2 aromatic carbocycles. The monoisotopic (exact) mass is 506 g/mol. The van der Waals surface area contributed by atoms with Gasteiger partial charge in [0.05, 0.1) is 33.3 Å². The summed E-state index contributed by atoms with van der Waals surface area (Å²) >= 11 is 0. The van der Waals surface area contributed by atoms with Gasteiger partial charge in [-0.1, -0.05) is 6.42 Å². The van der Waals surface area contributed by atoms with E-state index in [2.05, 4.69) is 5.32 Å². The van der Waals surface area contributed by atoms with Crippen molar-refractivity contribution in [2.45, 2.75) is 43.5 Å². The number of aryl methyl sites for hydroxylation is 1. The van der Waals surface area contributed by atoms with Crippen LogP contribution < -0.4 is 24.3 Å². The van der Waals surface area contributed by atoms with Crippen molar-refractivity contribution in [3.8, 4) is 23.0 Å². The number of carbonyl (C=O) groups is 1. The van der Waals surface area contributed by atoms with Gasteiger partial charge in [0, 0.05) is 31.6 Å². The molecule has 0 saturated carbocycles. The first-order valence-electron chi connectivity index (χ1n) is 11.6. The molecular weight excluding hydrogens is 472 g/mol. The van der Waals surface area contributed by atoms with Crippen molar-refractivity contribution in [3.63, 3.8) is 0 Å². The van der Waals surface area contributed by atoms with Crippen LogP contribution in [-0.4, -0.2) is 60.2 Å². The first-order valence-corrected chi connectivity index (χ1v) is 13.0. The van der Waals surface area contributed by atoms with Crippen molar-refractivity contribution < 1.29 is 32.2 Å². The summed E-state index contributed by atoms with van der Waals surface area (Å²) < 4.78 is 49.2. The molecule has 0 spiro atoms. The molecule has 1 saturated heterocycles. The highest BCUT2D eigenvalue weighted by Gasteiger charge is 2.26. The van der Waals surface area contributed by atoms with Gasteiger partial charge in [-0.05, 0) is 55.2 Å². The Morgan fingerprint density at radius 3 is 2.14 bits per heavy atom. The van der Waals surface area contributed by atoms with Gasteiger partial charge < -0.3 is 24.3 Å². The van der Waals surface area contributed by atoms with Crippen molar-refractivity contribution in [3.05, 3.63) is 41.5 Å². The molecule has 35 heavy (non-hydrogen) atoms. The van der Waals surface area contributed by atoms with Gasteiger partial charge in [-0.15, -0.1) is 0 Å². The highest BCUT2D eigenvalue weighted by Crippen LogP contribution is 2.39. The topological polar surface area (TPSA) is 103 Å². The van der Waals surface area contributed by atoms with Crippen LogP contribution in [0.1, 0.15) is 36.8 Å². The molecular formula is C25H34N2O7S. The Balaban J connectivity index is 1.68.